The highest BCUT2D eigenvalue weighted by Crippen LogP contribution is 2.24. The molecule has 160 valence electrons. The van der Waals surface area contributed by atoms with E-state index in [0.29, 0.717) is 12.1 Å². The van der Waals surface area contributed by atoms with Crippen LogP contribution in [0.3, 0.4) is 0 Å². The molecule has 0 radical (unpaired) electrons. The predicted molar refractivity (Wildman–Crippen MR) is 113 cm³/mol. The lowest BCUT2D eigenvalue weighted by Crippen LogP contribution is -2.45. The maximum atomic E-state index is 12.5. The van der Waals surface area contributed by atoms with E-state index >= 15 is 0 Å². The Morgan fingerprint density at radius 1 is 1.03 bits per heavy atom. The number of hydrogen-bond donors (Lipinski definition) is 1. The summed E-state index contributed by atoms with van der Waals surface area (Å²) in [7, 11) is -3.45. The Labute approximate surface area is 173 Å². The maximum absolute atomic E-state index is 12.5. The first-order chi connectivity index (χ1) is 13.8. The molecule has 0 bridgehead atoms. The summed E-state index contributed by atoms with van der Waals surface area (Å²) in [5.41, 5.74) is 1.50. The summed E-state index contributed by atoms with van der Waals surface area (Å²) < 4.78 is 25.7. The van der Waals surface area contributed by atoms with Crippen LogP contribution in [-0.4, -0.2) is 61.4 Å². The van der Waals surface area contributed by atoms with E-state index < -0.39 is 10.0 Å². The van der Waals surface area contributed by atoms with Gasteiger partial charge in [0, 0.05) is 24.8 Å². The summed E-state index contributed by atoms with van der Waals surface area (Å²) in [6.07, 6.45) is 8.39. The minimum Gasteiger partial charge on any atom is -0.342 e. The van der Waals surface area contributed by atoms with Gasteiger partial charge in [-0.2, -0.15) is 4.31 Å². The predicted octanol–water partition coefficient (Wildman–Crippen LogP) is 2.38. The van der Waals surface area contributed by atoms with Crippen molar-refractivity contribution in [2.45, 2.75) is 57.4 Å². The van der Waals surface area contributed by atoms with Gasteiger partial charge in [0.25, 0.3) is 0 Å². The van der Waals surface area contributed by atoms with E-state index in [0.717, 1.165) is 63.6 Å². The van der Waals surface area contributed by atoms with Crippen molar-refractivity contribution in [1.29, 1.82) is 0 Å². The van der Waals surface area contributed by atoms with Crippen molar-refractivity contribution >= 4 is 27.5 Å². The minimum atomic E-state index is -3.45. The third-order valence-electron chi connectivity index (χ3n) is 5.76. The van der Waals surface area contributed by atoms with Gasteiger partial charge in [-0.25, -0.2) is 8.42 Å². The molecule has 1 aromatic carbocycles. The van der Waals surface area contributed by atoms with Crippen LogP contribution in [0.15, 0.2) is 24.3 Å². The molecule has 2 fully saturated rings. The van der Waals surface area contributed by atoms with E-state index in [9.17, 15) is 18.0 Å². The van der Waals surface area contributed by atoms with Gasteiger partial charge in [0.1, 0.15) is 0 Å². The first-order valence-corrected chi connectivity index (χ1v) is 12.3. The smallest absolute Gasteiger partial charge is 0.239 e. The van der Waals surface area contributed by atoms with Crippen molar-refractivity contribution in [1.82, 2.24) is 9.21 Å². The van der Waals surface area contributed by atoms with Crippen LogP contribution in [0.5, 0.6) is 0 Å². The largest absolute Gasteiger partial charge is 0.342 e. The molecule has 2 aliphatic rings. The highest BCUT2D eigenvalue weighted by Gasteiger charge is 2.29. The number of rotatable bonds is 7. The van der Waals surface area contributed by atoms with Crippen molar-refractivity contribution < 1.29 is 18.0 Å². The number of amides is 2. The summed E-state index contributed by atoms with van der Waals surface area (Å²) in [6, 6.07) is 7.09. The molecule has 1 heterocycles. The van der Waals surface area contributed by atoms with Crippen LogP contribution in [0.2, 0.25) is 0 Å². The second-order valence-corrected chi connectivity index (χ2v) is 10.0. The molecule has 0 aromatic heterocycles. The van der Waals surface area contributed by atoms with Gasteiger partial charge < -0.3 is 10.2 Å². The molecule has 0 spiro atoms. The summed E-state index contributed by atoms with van der Waals surface area (Å²) >= 11 is 0. The fraction of sp³-hybridized carbons (Fsp3) is 0.619. The summed E-state index contributed by atoms with van der Waals surface area (Å²) in [5, 5.41) is 2.78. The van der Waals surface area contributed by atoms with Gasteiger partial charge in [-0.05, 0) is 43.4 Å². The number of nitrogens with zero attached hydrogens (tertiary/aromatic N) is 2. The Bertz CT molecular complexity index is 811. The Balaban J connectivity index is 1.55. The Hall–Kier alpha value is -1.93. The molecule has 8 heteroatoms. The minimum absolute atomic E-state index is 0.0940. The van der Waals surface area contributed by atoms with Gasteiger partial charge >= 0.3 is 0 Å². The summed E-state index contributed by atoms with van der Waals surface area (Å²) in [5.74, 6) is -0.211. The fourth-order valence-electron chi connectivity index (χ4n) is 4.19. The van der Waals surface area contributed by atoms with Crippen molar-refractivity contribution in [3.63, 3.8) is 0 Å². The van der Waals surface area contributed by atoms with Gasteiger partial charge in [0.15, 0.2) is 0 Å². The molecule has 1 aliphatic heterocycles. The quantitative estimate of drug-likeness (QED) is 0.732. The van der Waals surface area contributed by atoms with Crippen molar-refractivity contribution in [2.75, 3.05) is 31.2 Å². The zero-order valence-electron chi connectivity index (χ0n) is 17.1. The van der Waals surface area contributed by atoms with Crippen LogP contribution in [-0.2, 0) is 26.0 Å². The molecule has 29 heavy (non-hydrogen) atoms. The van der Waals surface area contributed by atoms with E-state index in [1.807, 2.05) is 17.0 Å². The molecule has 7 nitrogen and oxygen atoms in total. The van der Waals surface area contributed by atoms with E-state index in [-0.39, 0.29) is 24.4 Å². The van der Waals surface area contributed by atoms with Gasteiger partial charge in [0.05, 0.1) is 19.2 Å². The SMILES string of the molecule is CS(=O)(=O)N(CC(=O)Nc1ccc(CC(=O)N2CCCC2)cc1)C1CCCCC1. The van der Waals surface area contributed by atoms with Crippen LogP contribution in [0.25, 0.3) is 0 Å². The molecule has 1 N–H and O–H groups in total. The Morgan fingerprint density at radius 2 is 1.66 bits per heavy atom. The lowest BCUT2D eigenvalue weighted by atomic mass is 9.95. The normalized spacial score (nSPS) is 18.2. The number of anilines is 1. The molecule has 1 saturated carbocycles. The van der Waals surface area contributed by atoms with E-state index in [2.05, 4.69) is 5.32 Å². The number of likely N-dealkylation sites (tertiary alicyclic amines) is 1. The van der Waals surface area contributed by atoms with Crippen molar-refractivity contribution in [2.24, 2.45) is 0 Å². The lowest BCUT2D eigenvalue weighted by Gasteiger charge is -2.31. The number of carbonyl (C=O) groups excluding carboxylic acids is 2. The third-order valence-corrected chi connectivity index (χ3v) is 7.04. The van der Waals surface area contributed by atoms with Gasteiger partial charge in [-0.1, -0.05) is 31.4 Å². The molecule has 0 unspecified atom stereocenters. The third kappa shape index (κ3) is 6.27. The van der Waals surface area contributed by atoms with E-state index in [1.165, 1.54) is 10.6 Å². The highest BCUT2D eigenvalue weighted by atomic mass is 32.2. The topological polar surface area (TPSA) is 86.8 Å². The number of nitrogens with one attached hydrogen (secondary N) is 1. The maximum Gasteiger partial charge on any atom is 0.239 e. The standard InChI is InChI=1S/C21H31N3O4S/c1-29(27,28)24(19-7-3-2-4-8-19)16-20(25)22-18-11-9-17(10-12-18)15-21(26)23-13-5-6-14-23/h9-12,19H,2-8,13-16H2,1H3,(H,22,25). The van der Waals surface area contributed by atoms with Gasteiger partial charge in [0.2, 0.25) is 21.8 Å². The molecule has 1 saturated heterocycles. The highest BCUT2D eigenvalue weighted by molar-refractivity contribution is 7.88. The number of benzene rings is 1. The van der Waals surface area contributed by atoms with Crippen molar-refractivity contribution in [3.05, 3.63) is 29.8 Å². The number of carbonyl (C=O) groups is 2. The first kappa shape index (κ1) is 21.8. The van der Waals surface area contributed by atoms with Crippen LogP contribution in [0, 0.1) is 0 Å². The van der Waals surface area contributed by atoms with Crippen molar-refractivity contribution in [3.8, 4) is 0 Å². The zero-order chi connectivity index (χ0) is 20.9. The van der Waals surface area contributed by atoms with Gasteiger partial charge in [-0.3, -0.25) is 9.59 Å². The Morgan fingerprint density at radius 3 is 2.24 bits per heavy atom. The molecule has 1 aromatic rings. The average molecular weight is 422 g/mol. The first-order valence-electron chi connectivity index (χ1n) is 10.5. The Kier molecular flexibility index (Phi) is 7.29. The molecular weight excluding hydrogens is 390 g/mol. The molecule has 3 rings (SSSR count). The van der Waals surface area contributed by atoms with E-state index in [1.54, 1.807) is 12.1 Å². The molecule has 2 amide bonds. The second kappa shape index (κ2) is 9.71. The van der Waals surface area contributed by atoms with Crippen LogP contribution in [0.1, 0.15) is 50.5 Å². The number of sulfonamides is 1. The molecular formula is C21H31N3O4S. The fourth-order valence-corrected chi connectivity index (χ4v) is 5.29. The average Bonchev–Trinajstić information content (AvgIpc) is 3.22. The molecule has 1 aliphatic carbocycles. The summed E-state index contributed by atoms with van der Waals surface area (Å²) in [6.45, 7) is 1.51. The second-order valence-electron chi connectivity index (χ2n) is 8.11. The van der Waals surface area contributed by atoms with Crippen LogP contribution in [0.4, 0.5) is 5.69 Å². The van der Waals surface area contributed by atoms with Crippen LogP contribution >= 0.6 is 0 Å². The monoisotopic (exact) mass is 421 g/mol. The van der Waals surface area contributed by atoms with E-state index in [4.69, 9.17) is 0 Å². The lowest BCUT2D eigenvalue weighted by molar-refractivity contribution is -0.129. The zero-order valence-corrected chi connectivity index (χ0v) is 17.9. The van der Waals surface area contributed by atoms with Crippen LogP contribution < -0.4 is 5.32 Å². The summed E-state index contributed by atoms with van der Waals surface area (Å²) in [4.78, 5) is 26.6. The number of hydrogen-bond acceptors (Lipinski definition) is 4. The van der Waals surface area contributed by atoms with Gasteiger partial charge in [-0.15, -0.1) is 0 Å². The molecule has 0 atom stereocenters.